The van der Waals surface area contributed by atoms with Crippen LogP contribution in [-0.4, -0.2) is 44.6 Å². The molecule has 2 aromatic rings. The molecule has 2 unspecified atom stereocenters. The molecule has 0 saturated carbocycles. The lowest BCUT2D eigenvalue weighted by Crippen LogP contribution is -2.49. The number of nitrogens with zero attached hydrogens (tertiary/aromatic N) is 3. The van der Waals surface area contributed by atoms with Crippen LogP contribution in [0.3, 0.4) is 0 Å². The zero-order valence-corrected chi connectivity index (χ0v) is 15.3. The van der Waals surface area contributed by atoms with Gasteiger partial charge in [-0.25, -0.2) is 9.18 Å². The molecule has 1 aromatic carbocycles. The molecule has 2 atom stereocenters. The average Bonchev–Trinajstić information content (AvgIpc) is 3.11. The molecule has 1 aromatic heterocycles. The Balaban J connectivity index is 1.63. The summed E-state index contributed by atoms with van der Waals surface area (Å²) in [6.45, 7) is 4.09. The minimum atomic E-state index is -0.971. The quantitative estimate of drug-likeness (QED) is 0.863. The van der Waals surface area contributed by atoms with Crippen molar-refractivity contribution in [3.8, 4) is 11.4 Å². The summed E-state index contributed by atoms with van der Waals surface area (Å²) in [5.41, 5.74) is 1.11. The average molecular weight is 375 g/mol. The highest BCUT2D eigenvalue weighted by molar-refractivity contribution is 5.84. The summed E-state index contributed by atoms with van der Waals surface area (Å²) in [7, 11) is 0. The third-order valence-electron chi connectivity index (χ3n) is 4.91. The summed E-state index contributed by atoms with van der Waals surface area (Å²) in [6.07, 6.45) is 1.59. The van der Waals surface area contributed by atoms with Crippen LogP contribution < -0.4 is 0 Å². The predicted octanol–water partition coefficient (Wildman–Crippen LogP) is 2.83. The first-order chi connectivity index (χ1) is 12.8. The van der Waals surface area contributed by atoms with Crippen LogP contribution in [0.4, 0.5) is 4.39 Å². The van der Waals surface area contributed by atoms with Crippen LogP contribution in [0.1, 0.15) is 37.6 Å². The van der Waals surface area contributed by atoms with E-state index in [2.05, 4.69) is 10.1 Å². The normalized spacial score (nSPS) is 19.9. The van der Waals surface area contributed by atoms with Crippen molar-refractivity contribution in [3.63, 3.8) is 0 Å². The number of carboxylic acids is 1. The molecule has 0 aliphatic carbocycles. The van der Waals surface area contributed by atoms with Gasteiger partial charge in [0.05, 0.1) is 0 Å². The molecule has 7 nitrogen and oxygen atoms in total. The highest BCUT2D eigenvalue weighted by Crippen LogP contribution is 2.24. The molecule has 3 rings (SSSR count). The summed E-state index contributed by atoms with van der Waals surface area (Å²) >= 11 is 0. The predicted molar refractivity (Wildman–Crippen MR) is 94.3 cm³/mol. The lowest BCUT2D eigenvalue weighted by molar-refractivity contribution is -0.153. The van der Waals surface area contributed by atoms with Crippen molar-refractivity contribution in [1.29, 1.82) is 0 Å². The number of carboxylic acid groups (broad SMARTS) is 1. The number of aromatic nitrogens is 2. The highest BCUT2D eigenvalue weighted by atomic mass is 19.1. The number of hydrogen-bond acceptors (Lipinski definition) is 5. The fourth-order valence-electron chi connectivity index (χ4n) is 3.29. The van der Waals surface area contributed by atoms with E-state index in [1.165, 1.54) is 11.0 Å². The SMILES string of the molecule is Cc1cc(-c2noc(CCC(=O)N3CCC(C)CC3C(=O)O)n2)ccc1F. The maximum atomic E-state index is 13.4. The lowest BCUT2D eigenvalue weighted by Gasteiger charge is -2.36. The van der Waals surface area contributed by atoms with Crippen LogP contribution in [0.2, 0.25) is 0 Å². The van der Waals surface area contributed by atoms with Gasteiger partial charge in [-0.1, -0.05) is 12.1 Å². The zero-order chi connectivity index (χ0) is 19.6. The zero-order valence-electron chi connectivity index (χ0n) is 15.3. The Labute approximate surface area is 156 Å². The number of benzene rings is 1. The van der Waals surface area contributed by atoms with Crippen molar-refractivity contribution in [1.82, 2.24) is 15.0 Å². The number of aryl methyl sites for hydroxylation is 2. The minimum Gasteiger partial charge on any atom is -0.480 e. The molecule has 1 aliphatic rings. The number of carbonyl (C=O) groups is 2. The molecule has 1 aliphatic heterocycles. The van der Waals surface area contributed by atoms with Crippen LogP contribution in [0.15, 0.2) is 22.7 Å². The van der Waals surface area contributed by atoms with Crippen LogP contribution in [-0.2, 0) is 16.0 Å². The number of hydrogen-bond donors (Lipinski definition) is 1. The van der Waals surface area contributed by atoms with Gasteiger partial charge in [-0.05, 0) is 49.4 Å². The standard InChI is InChI=1S/C19H22FN3O4/c1-11-7-8-23(15(9-11)19(25)26)17(24)6-5-16-21-18(22-27-16)13-3-4-14(20)12(2)10-13/h3-4,10-11,15H,5-9H2,1-2H3,(H,25,26). The first-order valence-electron chi connectivity index (χ1n) is 8.96. The second-order valence-corrected chi connectivity index (χ2v) is 7.05. The van der Waals surface area contributed by atoms with E-state index in [1.807, 2.05) is 6.92 Å². The summed E-state index contributed by atoms with van der Waals surface area (Å²) in [6, 6.07) is 3.76. The first kappa shape index (κ1) is 19.0. The maximum absolute atomic E-state index is 13.4. The summed E-state index contributed by atoms with van der Waals surface area (Å²) < 4.78 is 18.5. The fraction of sp³-hybridized carbons (Fsp3) is 0.474. The van der Waals surface area contributed by atoms with Gasteiger partial charge in [0, 0.05) is 24.9 Å². The molecule has 2 heterocycles. The molecule has 1 N–H and O–H groups in total. The van der Waals surface area contributed by atoms with E-state index in [4.69, 9.17) is 4.52 Å². The highest BCUT2D eigenvalue weighted by Gasteiger charge is 2.34. The number of amides is 1. The molecule has 144 valence electrons. The van der Waals surface area contributed by atoms with Gasteiger partial charge < -0.3 is 14.5 Å². The van der Waals surface area contributed by atoms with Gasteiger partial charge in [0.25, 0.3) is 0 Å². The molecule has 27 heavy (non-hydrogen) atoms. The fourth-order valence-corrected chi connectivity index (χ4v) is 3.29. The van der Waals surface area contributed by atoms with Gasteiger partial charge in [-0.3, -0.25) is 4.79 Å². The lowest BCUT2D eigenvalue weighted by atomic mass is 9.92. The largest absolute Gasteiger partial charge is 0.480 e. The number of aliphatic carboxylic acids is 1. The van der Waals surface area contributed by atoms with Gasteiger partial charge >= 0.3 is 5.97 Å². The summed E-state index contributed by atoms with van der Waals surface area (Å²) in [5, 5.41) is 13.2. The smallest absolute Gasteiger partial charge is 0.326 e. The Morgan fingerprint density at radius 2 is 2.19 bits per heavy atom. The van der Waals surface area contributed by atoms with Crippen LogP contribution in [0, 0.1) is 18.7 Å². The Kier molecular flexibility index (Phi) is 5.53. The Hall–Kier alpha value is -2.77. The molecule has 1 saturated heterocycles. The number of piperidine rings is 1. The van der Waals surface area contributed by atoms with E-state index >= 15 is 0 Å². The Morgan fingerprint density at radius 1 is 1.41 bits per heavy atom. The second-order valence-electron chi connectivity index (χ2n) is 7.05. The van der Waals surface area contributed by atoms with Crippen molar-refractivity contribution in [2.45, 2.75) is 45.6 Å². The van der Waals surface area contributed by atoms with E-state index < -0.39 is 12.0 Å². The van der Waals surface area contributed by atoms with E-state index in [9.17, 15) is 19.1 Å². The maximum Gasteiger partial charge on any atom is 0.326 e. The summed E-state index contributed by atoms with van der Waals surface area (Å²) in [5.74, 6) is -0.605. The second kappa shape index (κ2) is 7.85. The van der Waals surface area contributed by atoms with Gasteiger partial charge in [0.15, 0.2) is 0 Å². The third kappa shape index (κ3) is 4.32. The van der Waals surface area contributed by atoms with Gasteiger partial charge in [0.2, 0.25) is 17.6 Å². The van der Waals surface area contributed by atoms with Crippen molar-refractivity contribution in [2.75, 3.05) is 6.54 Å². The molecule has 8 heteroatoms. The number of halogens is 1. The van der Waals surface area contributed by atoms with Crippen molar-refractivity contribution in [3.05, 3.63) is 35.5 Å². The number of carbonyl (C=O) groups excluding carboxylic acids is 1. The van der Waals surface area contributed by atoms with Gasteiger partial charge in [-0.15, -0.1) is 0 Å². The van der Waals surface area contributed by atoms with Gasteiger partial charge in [-0.2, -0.15) is 4.98 Å². The van der Waals surface area contributed by atoms with Crippen LogP contribution in [0.25, 0.3) is 11.4 Å². The van der Waals surface area contributed by atoms with Crippen LogP contribution >= 0.6 is 0 Å². The Bertz CT molecular complexity index is 851. The van der Waals surface area contributed by atoms with E-state index in [0.29, 0.717) is 29.9 Å². The summed E-state index contributed by atoms with van der Waals surface area (Å²) in [4.78, 5) is 29.6. The first-order valence-corrected chi connectivity index (χ1v) is 8.96. The van der Waals surface area contributed by atoms with E-state index in [1.54, 1.807) is 19.1 Å². The van der Waals surface area contributed by atoms with E-state index in [-0.39, 0.29) is 36.4 Å². The molecule has 0 radical (unpaired) electrons. The number of rotatable bonds is 5. The monoisotopic (exact) mass is 375 g/mol. The van der Waals surface area contributed by atoms with Gasteiger partial charge in [0.1, 0.15) is 11.9 Å². The topological polar surface area (TPSA) is 96.5 Å². The third-order valence-corrected chi connectivity index (χ3v) is 4.91. The van der Waals surface area contributed by atoms with Crippen molar-refractivity contribution in [2.24, 2.45) is 5.92 Å². The molecule has 0 spiro atoms. The van der Waals surface area contributed by atoms with Crippen LogP contribution in [0.5, 0.6) is 0 Å². The van der Waals surface area contributed by atoms with E-state index in [0.717, 1.165) is 6.42 Å². The Morgan fingerprint density at radius 3 is 2.89 bits per heavy atom. The molecular formula is C19H22FN3O4. The van der Waals surface area contributed by atoms with Crippen molar-refractivity contribution >= 4 is 11.9 Å². The molecule has 0 bridgehead atoms. The molecule has 1 fully saturated rings. The molecular weight excluding hydrogens is 353 g/mol. The molecule has 1 amide bonds. The van der Waals surface area contributed by atoms with Crippen molar-refractivity contribution < 1.29 is 23.6 Å². The number of likely N-dealkylation sites (tertiary alicyclic amines) is 1. The minimum absolute atomic E-state index is 0.0994.